The SMILES string of the molecule is COc1c(N)cc(Cl)cc1C(=O)OCCN1CCC(O)CC1. The van der Waals surface area contributed by atoms with E-state index in [0.717, 1.165) is 25.9 Å². The zero-order valence-corrected chi connectivity index (χ0v) is 13.3. The molecule has 6 nitrogen and oxygen atoms in total. The van der Waals surface area contributed by atoms with Crippen LogP contribution in [0.4, 0.5) is 5.69 Å². The third kappa shape index (κ3) is 4.25. The number of carbonyl (C=O) groups is 1. The Morgan fingerprint density at radius 1 is 1.45 bits per heavy atom. The van der Waals surface area contributed by atoms with Gasteiger partial charge in [-0.3, -0.25) is 4.90 Å². The molecule has 1 fully saturated rings. The molecule has 3 N–H and O–H groups in total. The van der Waals surface area contributed by atoms with Crippen molar-refractivity contribution in [1.29, 1.82) is 0 Å². The highest BCUT2D eigenvalue weighted by molar-refractivity contribution is 6.31. The number of nitrogen functional groups attached to an aromatic ring is 1. The van der Waals surface area contributed by atoms with Crippen molar-refractivity contribution in [2.24, 2.45) is 0 Å². The van der Waals surface area contributed by atoms with Crippen LogP contribution in [0.1, 0.15) is 23.2 Å². The maximum Gasteiger partial charge on any atom is 0.342 e. The number of rotatable bonds is 5. The molecule has 122 valence electrons. The lowest BCUT2D eigenvalue weighted by atomic mass is 10.1. The van der Waals surface area contributed by atoms with Crippen LogP contribution >= 0.6 is 11.6 Å². The van der Waals surface area contributed by atoms with Crippen molar-refractivity contribution in [3.05, 3.63) is 22.7 Å². The molecule has 0 unspecified atom stereocenters. The van der Waals surface area contributed by atoms with E-state index in [0.29, 0.717) is 17.3 Å². The topological polar surface area (TPSA) is 85.0 Å². The number of nitrogens with zero attached hydrogens (tertiary/aromatic N) is 1. The second-order valence-electron chi connectivity index (χ2n) is 5.28. The number of halogens is 1. The predicted octanol–water partition coefficient (Wildman–Crippen LogP) is 1.54. The summed E-state index contributed by atoms with van der Waals surface area (Å²) < 4.78 is 10.4. The number of aliphatic hydroxyl groups excluding tert-OH is 1. The minimum absolute atomic E-state index is 0.211. The molecule has 0 aliphatic carbocycles. The van der Waals surface area contributed by atoms with E-state index in [2.05, 4.69) is 4.90 Å². The third-order valence-electron chi connectivity index (χ3n) is 3.70. The van der Waals surface area contributed by atoms with Gasteiger partial charge >= 0.3 is 5.97 Å². The Kier molecular flexibility index (Phi) is 5.88. The van der Waals surface area contributed by atoms with Crippen LogP contribution in [0.2, 0.25) is 5.02 Å². The smallest absolute Gasteiger partial charge is 0.342 e. The number of hydrogen-bond acceptors (Lipinski definition) is 6. The third-order valence-corrected chi connectivity index (χ3v) is 3.92. The van der Waals surface area contributed by atoms with Crippen LogP contribution < -0.4 is 10.5 Å². The fourth-order valence-electron chi connectivity index (χ4n) is 2.48. The van der Waals surface area contributed by atoms with E-state index >= 15 is 0 Å². The average Bonchev–Trinajstić information content (AvgIpc) is 2.48. The monoisotopic (exact) mass is 328 g/mol. The first-order valence-corrected chi connectivity index (χ1v) is 7.59. The maximum atomic E-state index is 12.1. The zero-order chi connectivity index (χ0) is 16.1. The molecule has 1 saturated heterocycles. The summed E-state index contributed by atoms with van der Waals surface area (Å²) in [4.78, 5) is 14.3. The number of benzene rings is 1. The van der Waals surface area contributed by atoms with Gasteiger partial charge in [-0.15, -0.1) is 0 Å². The molecule has 22 heavy (non-hydrogen) atoms. The number of esters is 1. The van der Waals surface area contributed by atoms with Crippen LogP contribution in [-0.4, -0.2) is 55.4 Å². The lowest BCUT2D eigenvalue weighted by Crippen LogP contribution is -2.38. The molecule has 1 heterocycles. The highest BCUT2D eigenvalue weighted by atomic mass is 35.5. The first kappa shape index (κ1) is 16.9. The summed E-state index contributed by atoms with van der Waals surface area (Å²) in [6.07, 6.45) is 1.30. The molecular weight excluding hydrogens is 308 g/mol. The normalized spacial score (nSPS) is 16.5. The molecule has 0 spiro atoms. The van der Waals surface area contributed by atoms with Gasteiger partial charge in [-0.05, 0) is 25.0 Å². The first-order chi connectivity index (χ1) is 10.5. The summed E-state index contributed by atoms with van der Waals surface area (Å²) in [5.41, 5.74) is 6.30. The molecule has 0 bridgehead atoms. The van der Waals surface area contributed by atoms with Crippen LogP contribution in [0.3, 0.4) is 0 Å². The molecular formula is C15H21ClN2O4. The van der Waals surface area contributed by atoms with E-state index in [1.807, 2.05) is 0 Å². The second kappa shape index (κ2) is 7.67. The summed E-state index contributed by atoms with van der Waals surface area (Å²) in [7, 11) is 1.44. The maximum absolute atomic E-state index is 12.1. The Balaban J connectivity index is 1.90. The van der Waals surface area contributed by atoms with E-state index in [4.69, 9.17) is 26.8 Å². The van der Waals surface area contributed by atoms with Crippen molar-refractivity contribution in [3.8, 4) is 5.75 Å². The van der Waals surface area contributed by atoms with Crippen molar-refractivity contribution in [3.63, 3.8) is 0 Å². The lowest BCUT2D eigenvalue weighted by molar-refractivity contribution is 0.0380. The number of likely N-dealkylation sites (tertiary alicyclic amines) is 1. The Morgan fingerprint density at radius 2 is 2.14 bits per heavy atom. The molecule has 1 aliphatic rings. The molecule has 0 amide bonds. The summed E-state index contributed by atoms with van der Waals surface area (Å²) >= 11 is 5.92. The number of methoxy groups -OCH3 is 1. The van der Waals surface area contributed by atoms with E-state index < -0.39 is 5.97 Å². The molecule has 1 aromatic rings. The van der Waals surface area contributed by atoms with Crippen molar-refractivity contribution in [1.82, 2.24) is 4.90 Å². The lowest BCUT2D eigenvalue weighted by Gasteiger charge is -2.29. The number of carbonyl (C=O) groups excluding carboxylic acids is 1. The van der Waals surface area contributed by atoms with Crippen molar-refractivity contribution in [2.75, 3.05) is 39.1 Å². The largest absolute Gasteiger partial charge is 0.494 e. The molecule has 0 aromatic heterocycles. The predicted molar refractivity (Wildman–Crippen MR) is 84.4 cm³/mol. The highest BCUT2D eigenvalue weighted by Crippen LogP contribution is 2.30. The summed E-state index contributed by atoms with van der Waals surface area (Å²) in [6.45, 7) is 2.53. The Labute approximate surface area is 134 Å². The van der Waals surface area contributed by atoms with Gasteiger partial charge in [0.1, 0.15) is 12.2 Å². The van der Waals surface area contributed by atoms with Crippen molar-refractivity contribution >= 4 is 23.3 Å². The zero-order valence-electron chi connectivity index (χ0n) is 12.5. The first-order valence-electron chi connectivity index (χ1n) is 7.22. The molecule has 0 radical (unpaired) electrons. The molecule has 1 aromatic carbocycles. The second-order valence-corrected chi connectivity index (χ2v) is 5.72. The number of anilines is 1. The van der Waals surface area contributed by atoms with Gasteiger partial charge in [-0.2, -0.15) is 0 Å². The summed E-state index contributed by atoms with van der Waals surface area (Å²) in [6, 6.07) is 3.01. The number of hydrogen-bond donors (Lipinski definition) is 2. The van der Waals surface area contributed by atoms with Crippen molar-refractivity contribution in [2.45, 2.75) is 18.9 Å². The van der Waals surface area contributed by atoms with E-state index in [1.54, 1.807) is 0 Å². The van der Waals surface area contributed by atoms with Gasteiger partial charge in [0, 0.05) is 24.7 Å². The minimum Gasteiger partial charge on any atom is -0.494 e. The van der Waals surface area contributed by atoms with Gasteiger partial charge in [-0.1, -0.05) is 11.6 Å². The van der Waals surface area contributed by atoms with Gasteiger partial charge in [0.15, 0.2) is 5.75 Å². The molecule has 7 heteroatoms. The fraction of sp³-hybridized carbons (Fsp3) is 0.533. The van der Waals surface area contributed by atoms with E-state index in [-0.39, 0.29) is 24.0 Å². The van der Waals surface area contributed by atoms with Gasteiger partial charge < -0.3 is 20.3 Å². The minimum atomic E-state index is -0.511. The summed E-state index contributed by atoms with van der Waals surface area (Å²) in [5, 5.41) is 9.81. The fourth-order valence-corrected chi connectivity index (χ4v) is 2.71. The standard InChI is InChI=1S/C15H21ClN2O4/c1-21-14-12(8-10(16)9-13(14)17)15(20)22-7-6-18-4-2-11(19)3-5-18/h8-9,11,19H,2-7,17H2,1H3. The van der Waals surface area contributed by atoms with Gasteiger partial charge in [0.05, 0.1) is 18.9 Å². The average molecular weight is 329 g/mol. The van der Waals surface area contributed by atoms with Crippen LogP contribution in [0.5, 0.6) is 5.75 Å². The number of ether oxygens (including phenoxy) is 2. The van der Waals surface area contributed by atoms with E-state index in [1.165, 1.54) is 19.2 Å². The van der Waals surface area contributed by atoms with Crippen molar-refractivity contribution < 1.29 is 19.4 Å². The molecule has 0 saturated carbocycles. The Hall–Kier alpha value is -1.50. The number of nitrogens with two attached hydrogens (primary N) is 1. The van der Waals surface area contributed by atoms with Crippen LogP contribution in [0.15, 0.2) is 12.1 Å². The quantitative estimate of drug-likeness (QED) is 0.630. The summed E-state index contributed by atoms with van der Waals surface area (Å²) in [5.74, 6) is -0.237. The molecule has 2 rings (SSSR count). The number of aliphatic hydroxyl groups is 1. The Bertz CT molecular complexity index is 531. The molecule has 0 atom stereocenters. The highest BCUT2D eigenvalue weighted by Gasteiger charge is 2.19. The van der Waals surface area contributed by atoms with Gasteiger partial charge in [0.25, 0.3) is 0 Å². The van der Waals surface area contributed by atoms with Gasteiger partial charge in [0.2, 0.25) is 0 Å². The Morgan fingerprint density at radius 3 is 2.77 bits per heavy atom. The van der Waals surface area contributed by atoms with Crippen LogP contribution in [0, 0.1) is 0 Å². The molecule has 1 aliphatic heterocycles. The van der Waals surface area contributed by atoms with Crippen LogP contribution in [0.25, 0.3) is 0 Å². The van der Waals surface area contributed by atoms with E-state index in [9.17, 15) is 9.90 Å². The van der Waals surface area contributed by atoms with Gasteiger partial charge in [-0.25, -0.2) is 4.79 Å². The number of piperidine rings is 1. The van der Waals surface area contributed by atoms with Crippen LogP contribution in [-0.2, 0) is 4.74 Å².